The predicted octanol–water partition coefficient (Wildman–Crippen LogP) is 11.3. The number of aromatic nitrogens is 4. The zero-order chi connectivity index (χ0) is 32.6. The molecular weight excluding hydrogens is 597 g/mol. The first-order valence-electron chi connectivity index (χ1n) is 16.5. The second-order valence-electron chi connectivity index (χ2n) is 12.1. The standard InChI is InChI=1S/C45H30N4/c1-4-14-31(15-5-1)34-20-12-21-35(28-34)36-22-13-23-38(29-36)49-41-25-11-10-24-39(41)40-27-26-37(30-42(40)49)45-47-43(32-16-6-2-7-17-32)46-44(48-45)33-18-8-3-9-19-33/h1-30H. The molecule has 0 aliphatic rings. The molecule has 9 aromatic rings. The molecule has 0 N–H and O–H groups in total. The summed E-state index contributed by atoms with van der Waals surface area (Å²) in [6.07, 6.45) is 0. The molecule has 0 fully saturated rings. The zero-order valence-corrected chi connectivity index (χ0v) is 26.6. The van der Waals surface area contributed by atoms with Gasteiger partial charge in [-0.1, -0.05) is 152 Å². The Hall–Kier alpha value is -6.65. The molecule has 2 heterocycles. The topological polar surface area (TPSA) is 43.6 Å². The number of fused-ring (bicyclic) bond motifs is 3. The van der Waals surface area contributed by atoms with E-state index in [0.717, 1.165) is 39.0 Å². The monoisotopic (exact) mass is 626 g/mol. The molecule has 0 radical (unpaired) electrons. The number of para-hydroxylation sites is 1. The Bertz CT molecular complexity index is 2530. The summed E-state index contributed by atoms with van der Waals surface area (Å²) in [4.78, 5) is 14.9. The molecule has 4 heteroatoms. The van der Waals surface area contributed by atoms with E-state index >= 15 is 0 Å². The Balaban J connectivity index is 1.21. The summed E-state index contributed by atoms with van der Waals surface area (Å²) < 4.78 is 2.36. The molecule has 0 atom stereocenters. The van der Waals surface area contributed by atoms with Crippen molar-refractivity contribution in [1.29, 1.82) is 0 Å². The summed E-state index contributed by atoms with van der Waals surface area (Å²) >= 11 is 0. The molecule has 0 saturated carbocycles. The Kier molecular flexibility index (Phi) is 7.10. The summed E-state index contributed by atoms with van der Waals surface area (Å²) in [5, 5.41) is 2.38. The summed E-state index contributed by atoms with van der Waals surface area (Å²) in [6, 6.07) is 63.5. The van der Waals surface area contributed by atoms with Crippen LogP contribution < -0.4 is 0 Å². The molecule has 230 valence electrons. The molecule has 0 aliphatic heterocycles. The first-order chi connectivity index (χ1) is 24.3. The highest BCUT2D eigenvalue weighted by Gasteiger charge is 2.17. The van der Waals surface area contributed by atoms with Crippen LogP contribution in [0, 0.1) is 0 Å². The van der Waals surface area contributed by atoms with E-state index in [1.807, 2.05) is 60.7 Å². The van der Waals surface area contributed by atoms with Crippen molar-refractivity contribution in [3.8, 4) is 62.1 Å². The van der Waals surface area contributed by atoms with E-state index in [2.05, 4.69) is 126 Å². The first-order valence-corrected chi connectivity index (χ1v) is 16.5. The molecule has 0 bridgehead atoms. The summed E-state index contributed by atoms with van der Waals surface area (Å²) in [5.74, 6) is 1.93. The van der Waals surface area contributed by atoms with Crippen molar-refractivity contribution in [2.75, 3.05) is 0 Å². The van der Waals surface area contributed by atoms with Crippen molar-refractivity contribution in [2.45, 2.75) is 0 Å². The van der Waals surface area contributed by atoms with E-state index in [9.17, 15) is 0 Å². The van der Waals surface area contributed by atoms with Crippen LogP contribution in [0.3, 0.4) is 0 Å². The lowest BCUT2D eigenvalue weighted by Crippen LogP contribution is -2.00. The molecule has 0 unspecified atom stereocenters. The van der Waals surface area contributed by atoms with Crippen molar-refractivity contribution in [3.05, 3.63) is 182 Å². The molecule has 0 aliphatic carbocycles. The maximum absolute atomic E-state index is 5.02. The van der Waals surface area contributed by atoms with Crippen LogP contribution in [0.4, 0.5) is 0 Å². The zero-order valence-electron chi connectivity index (χ0n) is 26.6. The van der Waals surface area contributed by atoms with Crippen LogP contribution in [-0.4, -0.2) is 19.5 Å². The number of benzene rings is 7. The van der Waals surface area contributed by atoms with Gasteiger partial charge in [0.25, 0.3) is 0 Å². The maximum atomic E-state index is 5.02. The summed E-state index contributed by atoms with van der Waals surface area (Å²) in [7, 11) is 0. The van der Waals surface area contributed by atoms with Crippen LogP contribution in [0.25, 0.3) is 83.9 Å². The van der Waals surface area contributed by atoms with Gasteiger partial charge in [-0.3, -0.25) is 0 Å². The van der Waals surface area contributed by atoms with Gasteiger partial charge in [-0.2, -0.15) is 0 Å². The Morgan fingerprint density at radius 3 is 1.41 bits per heavy atom. The van der Waals surface area contributed by atoms with Crippen molar-refractivity contribution < 1.29 is 0 Å². The molecule has 49 heavy (non-hydrogen) atoms. The molecule has 0 saturated heterocycles. The number of hydrogen-bond acceptors (Lipinski definition) is 3. The molecule has 9 rings (SSSR count). The van der Waals surface area contributed by atoms with Crippen LogP contribution in [0.2, 0.25) is 0 Å². The van der Waals surface area contributed by atoms with Crippen LogP contribution in [0.15, 0.2) is 182 Å². The minimum atomic E-state index is 0.637. The van der Waals surface area contributed by atoms with Gasteiger partial charge in [0.05, 0.1) is 11.0 Å². The Morgan fingerprint density at radius 1 is 0.286 bits per heavy atom. The minimum Gasteiger partial charge on any atom is -0.309 e. The third-order valence-corrected chi connectivity index (χ3v) is 9.04. The molecule has 0 spiro atoms. The van der Waals surface area contributed by atoms with Crippen molar-refractivity contribution in [1.82, 2.24) is 19.5 Å². The average molecular weight is 627 g/mol. The quantitative estimate of drug-likeness (QED) is 0.184. The van der Waals surface area contributed by atoms with Crippen LogP contribution in [0.1, 0.15) is 0 Å². The highest BCUT2D eigenvalue weighted by Crippen LogP contribution is 2.36. The lowest BCUT2D eigenvalue weighted by molar-refractivity contribution is 1.07. The predicted molar refractivity (Wildman–Crippen MR) is 201 cm³/mol. The van der Waals surface area contributed by atoms with Crippen molar-refractivity contribution in [2.24, 2.45) is 0 Å². The van der Waals surface area contributed by atoms with Crippen LogP contribution in [-0.2, 0) is 0 Å². The van der Waals surface area contributed by atoms with E-state index < -0.39 is 0 Å². The molecule has 0 amide bonds. The molecular formula is C45H30N4. The number of rotatable bonds is 6. The Labute approximate surface area is 284 Å². The normalized spacial score (nSPS) is 11.3. The van der Waals surface area contributed by atoms with Gasteiger partial charge in [0.2, 0.25) is 0 Å². The largest absolute Gasteiger partial charge is 0.309 e. The van der Waals surface area contributed by atoms with Gasteiger partial charge in [0.1, 0.15) is 0 Å². The van der Waals surface area contributed by atoms with E-state index in [1.165, 1.54) is 27.5 Å². The summed E-state index contributed by atoms with van der Waals surface area (Å²) in [5.41, 5.74) is 10.9. The van der Waals surface area contributed by atoms with Gasteiger partial charge in [0, 0.05) is 33.2 Å². The van der Waals surface area contributed by atoms with E-state index in [0.29, 0.717) is 17.5 Å². The lowest BCUT2D eigenvalue weighted by Gasteiger charge is -2.12. The van der Waals surface area contributed by atoms with Gasteiger partial charge < -0.3 is 4.57 Å². The SMILES string of the molecule is c1ccc(-c2cccc(-c3cccc(-n4c5ccccc5c5ccc(-c6nc(-c7ccccc7)nc(-c7ccccc7)n6)cc54)c3)c2)cc1. The summed E-state index contributed by atoms with van der Waals surface area (Å²) in [6.45, 7) is 0. The van der Waals surface area contributed by atoms with Crippen LogP contribution in [0.5, 0.6) is 0 Å². The second kappa shape index (κ2) is 12.2. The Morgan fingerprint density at radius 2 is 0.755 bits per heavy atom. The molecule has 4 nitrogen and oxygen atoms in total. The van der Waals surface area contributed by atoms with Gasteiger partial charge in [-0.05, 0) is 52.6 Å². The lowest BCUT2D eigenvalue weighted by atomic mass is 9.99. The van der Waals surface area contributed by atoms with E-state index in [1.54, 1.807) is 0 Å². The average Bonchev–Trinajstić information content (AvgIpc) is 3.52. The minimum absolute atomic E-state index is 0.637. The first kappa shape index (κ1) is 28.6. The fourth-order valence-electron chi connectivity index (χ4n) is 6.66. The van der Waals surface area contributed by atoms with Gasteiger partial charge in [0.15, 0.2) is 17.5 Å². The highest BCUT2D eigenvalue weighted by atomic mass is 15.0. The maximum Gasteiger partial charge on any atom is 0.164 e. The smallest absolute Gasteiger partial charge is 0.164 e. The molecule has 7 aromatic carbocycles. The van der Waals surface area contributed by atoms with E-state index in [4.69, 9.17) is 15.0 Å². The van der Waals surface area contributed by atoms with Gasteiger partial charge >= 0.3 is 0 Å². The molecule has 2 aromatic heterocycles. The van der Waals surface area contributed by atoms with Crippen LogP contribution >= 0.6 is 0 Å². The third kappa shape index (κ3) is 5.35. The third-order valence-electron chi connectivity index (χ3n) is 9.04. The fourth-order valence-corrected chi connectivity index (χ4v) is 6.66. The van der Waals surface area contributed by atoms with Crippen molar-refractivity contribution in [3.63, 3.8) is 0 Å². The fraction of sp³-hybridized carbons (Fsp3) is 0. The highest BCUT2D eigenvalue weighted by molar-refractivity contribution is 6.10. The van der Waals surface area contributed by atoms with Crippen molar-refractivity contribution >= 4 is 21.8 Å². The number of hydrogen-bond donors (Lipinski definition) is 0. The van der Waals surface area contributed by atoms with Gasteiger partial charge in [-0.15, -0.1) is 0 Å². The second-order valence-corrected chi connectivity index (χ2v) is 12.1. The van der Waals surface area contributed by atoms with E-state index in [-0.39, 0.29) is 0 Å². The number of nitrogens with zero attached hydrogens (tertiary/aromatic N) is 4. The van der Waals surface area contributed by atoms with Gasteiger partial charge in [-0.25, -0.2) is 15.0 Å².